The van der Waals surface area contributed by atoms with Gasteiger partial charge < -0.3 is 40.1 Å². The fourth-order valence-corrected chi connectivity index (χ4v) is 7.22. The summed E-state index contributed by atoms with van der Waals surface area (Å²) in [5, 5.41) is 61.6. The van der Waals surface area contributed by atoms with E-state index in [-0.39, 0.29) is 17.1 Å². The van der Waals surface area contributed by atoms with Crippen LogP contribution in [0.1, 0.15) is 45.4 Å². The monoisotopic (exact) mass is 474 g/mol. The van der Waals surface area contributed by atoms with Gasteiger partial charge in [0.05, 0.1) is 6.61 Å². The molecule has 0 spiro atoms. The van der Waals surface area contributed by atoms with Gasteiger partial charge in [-0.25, -0.2) is 0 Å². The first kappa shape index (κ1) is 24.1. The molecule has 1 aliphatic heterocycles. The summed E-state index contributed by atoms with van der Waals surface area (Å²) in [6.45, 7) is 1.57. The number of ether oxygens (including phenoxy) is 2. The fraction of sp³-hybridized carbons (Fsp3) is 0.731. The van der Waals surface area contributed by atoms with Gasteiger partial charge in [0.2, 0.25) is 6.29 Å². The molecule has 0 bridgehead atoms. The lowest BCUT2D eigenvalue weighted by Gasteiger charge is -2.52. The van der Waals surface area contributed by atoms with E-state index in [4.69, 9.17) is 15.9 Å². The summed E-state index contributed by atoms with van der Waals surface area (Å²) in [4.78, 5) is 0. The van der Waals surface area contributed by atoms with E-state index in [9.17, 15) is 30.6 Å². The normalized spacial score (nSPS) is 50.1. The standard InChI is InChI=1S/C26H34O8/c1-3-26(32)9-7-17-15-5-4-13-10-19(18(28)11-16(13)14(15)6-8-25(17,26)2)33-24-23(31)22(30)21(29)20(12-27)34-24/h1,11,14-15,17-18,20-24,27-32H,4-9,12H2,2H3/t14-,15+,17-,18?,20+,21+,22-,23+,24+,25-,26-/m0/s1. The highest BCUT2D eigenvalue weighted by Crippen LogP contribution is 2.64. The van der Waals surface area contributed by atoms with Gasteiger partial charge >= 0.3 is 0 Å². The zero-order valence-electron chi connectivity index (χ0n) is 19.3. The van der Waals surface area contributed by atoms with Gasteiger partial charge in [-0.1, -0.05) is 18.6 Å². The number of hydrogen-bond acceptors (Lipinski definition) is 8. The highest BCUT2D eigenvalue weighted by molar-refractivity contribution is 5.43. The van der Waals surface area contributed by atoms with E-state index < -0.39 is 49.0 Å². The average Bonchev–Trinajstić information content (AvgIpc) is 3.11. The molecule has 4 fully saturated rings. The molecule has 5 aliphatic rings. The van der Waals surface area contributed by atoms with Crippen LogP contribution in [0.25, 0.3) is 0 Å². The topological polar surface area (TPSA) is 140 Å². The minimum atomic E-state index is -1.56. The van der Waals surface area contributed by atoms with Crippen molar-refractivity contribution in [2.45, 2.75) is 87.9 Å². The maximum absolute atomic E-state index is 11.1. The van der Waals surface area contributed by atoms with Crippen LogP contribution < -0.4 is 0 Å². The summed E-state index contributed by atoms with van der Waals surface area (Å²) < 4.78 is 11.1. The molecule has 0 aromatic rings. The molecule has 3 saturated carbocycles. The molecule has 8 nitrogen and oxygen atoms in total. The zero-order valence-corrected chi connectivity index (χ0v) is 19.3. The van der Waals surface area contributed by atoms with E-state index in [1.807, 2.05) is 0 Å². The highest BCUT2D eigenvalue weighted by atomic mass is 16.7. The van der Waals surface area contributed by atoms with Gasteiger partial charge in [-0.15, -0.1) is 6.42 Å². The second-order valence-corrected chi connectivity index (χ2v) is 10.8. The van der Waals surface area contributed by atoms with Crippen LogP contribution in [0.2, 0.25) is 0 Å². The Labute approximate surface area is 199 Å². The van der Waals surface area contributed by atoms with Crippen LogP contribution in [0.15, 0.2) is 28.7 Å². The first-order chi connectivity index (χ1) is 16.1. The number of terminal acetylenes is 1. The molecule has 5 rings (SSSR count). The van der Waals surface area contributed by atoms with Gasteiger partial charge in [-0.2, -0.15) is 0 Å². The van der Waals surface area contributed by atoms with Crippen molar-refractivity contribution in [2.24, 2.45) is 23.2 Å². The van der Waals surface area contributed by atoms with E-state index in [2.05, 4.69) is 18.6 Å². The number of fused-ring (bicyclic) bond motifs is 5. The molecule has 1 saturated heterocycles. The van der Waals surface area contributed by atoms with Crippen molar-refractivity contribution in [2.75, 3.05) is 6.61 Å². The van der Waals surface area contributed by atoms with Gasteiger partial charge in [0.1, 0.15) is 36.1 Å². The molecule has 0 amide bonds. The Bertz CT molecular complexity index is 974. The van der Waals surface area contributed by atoms with Crippen molar-refractivity contribution in [1.29, 1.82) is 0 Å². The lowest BCUT2D eigenvalue weighted by atomic mass is 9.52. The number of aliphatic hydroxyl groups excluding tert-OH is 5. The Hall–Kier alpha value is -1.66. The van der Waals surface area contributed by atoms with Crippen LogP contribution >= 0.6 is 0 Å². The molecule has 1 heterocycles. The van der Waals surface area contributed by atoms with Crippen LogP contribution in [0.5, 0.6) is 0 Å². The van der Waals surface area contributed by atoms with Gasteiger partial charge in [-0.05, 0) is 67.9 Å². The summed E-state index contributed by atoms with van der Waals surface area (Å²) in [5.41, 5.74) is 3.81. The maximum atomic E-state index is 11.1. The van der Waals surface area contributed by atoms with Crippen LogP contribution in [0.3, 0.4) is 0 Å². The van der Waals surface area contributed by atoms with Crippen molar-refractivity contribution < 1.29 is 40.1 Å². The summed E-state index contributed by atoms with van der Waals surface area (Å²) in [6.07, 6.45) is 4.22. The smallest absolute Gasteiger partial charge is 0.229 e. The predicted molar refractivity (Wildman–Crippen MR) is 120 cm³/mol. The molecule has 0 aromatic carbocycles. The van der Waals surface area contributed by atoms with Crippen molar-refractivity contribution in [3.05, 3.63) is 28.7 Å². The zero-order chi connectivity index (χ0) is 24.4. The summed E-state index contributed by atoms with van der Waals surface area (Å²) in [5.74, 6) is 3.70. The van der Waals surface area contributed by atoms with E-state index >= 15 is 0 Å². The lowest BCUT2D eigenvalue weighted by molar-refractivity contribution is -0.293. The quantitative estimate of drug-likeness (QED) is 0.250. The largest absolute Gasteiger partial charge is 0.455 e. The third-order valence-corrected chi connectivity index (χ3v) is 9.27. The van der Waals surface area contributed by atoms with E-state index in [1.165, 1.54) is 0 Å². The summed E-state index contributed by atoms with van der Waals surface area (Å²) in [7, 11) is 0. The highest BCUT2D eigenvalue weighted by Gasteiger charge is 2.61. The first-order valence-electron chi connectivity index (χ1n) is 12.2. The number of rotatable bonds is 3. The van der Waals surface area contributed by atoms with Crippen molar-refractivity contribution in [3.63, 3.8) is 0 Å². The molecule has 6 N–H and O–H groups in total. The lowest BCUT2D eigenvalue weighted by Crippen LogP contribution is -2.59. The van der Waals surface area contributed by atoms with Crippen LogP contribution in [-0.2, 0) is 9.47 Å². The Balaban J connectivity index is 1.38. The average molecular weight is 475 g/mol. The van der Waals surface area contributed by atoms with Crippen molar-refractivity contribution in [1.82, 2.24) is 0 Å². The second kappa shape index (κ2) is 8.48. The Morgan fingerprint density at radius 3 is 2.62 bits per heavy atom. The third kappa shape index (κ3) is 3.42. The first-order valence-corrected chi connectivity index (χ1v) is 12.2. The summed E-state index contributed by atoms with van der Waals surface area (Å²) in [6, 6.07) is 0. The molecule has 1 unspecified atom stereocenters. The Morgan fingerprint density at radius 1 is 1.15 bits per heavy atom. The van der Waals surface area contributed by atoms with Crippen LogP contribution in [0.4, 0.5) is 0 Å². The Morgan fingerprint density at radius 2 is 1.91 bits per heavy atom. The van der Waals surface area contributed by atoms with Gasteiger partial charge in [0.25, 0.3) is 0 Å². The SMILES string of the molecule is C#C[C@]1(O)CC[C@H]2[C@@H]3CCC4=C=C(O[C@@H]5O[C@H](CO)[C@@H](O)[C@H](O)[C@H]5O)C(O)C=C4[C@H]3CC[C@@]21C. The van der Waals surface area contributed by atoms with Gasteiger partial charge in [-0.3, -0.25) is 0 Å². The minimum Gasteiger partial charge on any atom is -0.455 e. The third-order valence-electron chi connectivity index (χ3n) is 9.27. The molecule has 34 heavy (non-hydrogen) atoms. The number of hydrogen-bond donors (Lipinski definition) is 6. The Kier molecular flexibility index (Phi) is 6.00. The van der Waals surface area contributed by atoms with Crippen LogP contribution in [0, 0.1) is 35.5 Å². The van der Waals surface area contributed by atoms with Crippen LogP contribution in [-0.4, -0.2) is 79.7 Å². The molecule has 0 aromatic heterocycles. The molecule has 11 atom stereocenters. The van der Waals surface area contributed by atoms with E-state index in [1.54, 1.807) is 6.08 Å². The molecular weight excluding hydrogens is 440 g/mol. The fourth-order valence-electron chi connectivity index (χ4n) is 7.22. The minimum absolute atomic E-state index is 0.0738. The summed E-state index contributed by atoms with van der Waals surface area (Å²) >= 11 is 0. The van der Waals surface area contributed by atoms with E-state index in [0.717, 1.165) is 43.3 Å². The molecular formula is C26H34O8. The molecule has 186 valence electrons. The molecule has 4 aliphatic carbocycles. The van der Waals surface area contributed by atoms with E-state index in [0.29, 0.717) is 18.3 Å². The molecule has 0 radical (unpaired) electrons. The van der Waals surface area contributed by atoms with Crippen molar-refractivity contribution in [3.8, 4) is 12.3 Å². The number of aliphatic hydroxyl groups is 6. The second-order valence-electron chi connectivity index (χ2n) is 10.8. The van der Waals surface area contributed by atoms with Gasteiger partial charge in [0, 0.05) is 11.0 Å². The predicted octanol–water partition coefficient (Wildman–Crippen LogP) is 0.114. The molecule has 8 heteroatoms. The van der Waals surface area contributed by atoms with Gasteiger partial charge in [0.15, 0.2) is 5.76 Å². The number of allylic oxidation sites excluding steroid dienone is 1. The maximum Gasteiger partial charge on any atom is 0.229 e. The van der Waals surface area contributed by atoms with Crippen molar-refractivity contribution >= 4 is 0 Å².